The van der Waals surface area contributed by atoms with E-state index in [1.807, 2.05) is 4.90 Å². The van der Waals surface area contributed by atoms with Crippen molar-refractivity contribution in [3.8, 4) is 17.0 Å². The lowest BCUT2D eigenvalue weighted by molar-refractivity contribution is 0.453. The van der Waals surface area contributed by atoms with Gasteiger partial charge < -0.3 is 10.0 Å². The van der Waals surface area contributed by atoms with Gasteiger partial charge >= 0.3 is 0 Å². The van der Waals surface area contributed by atoms with E-state index in [4.69, 9.17) is 0 Å². The number of hydrogen-bond donors (Lipinski definition) is 2. The predicted molar refractivity (Wildman–Crippen MR) is 73.4 cm³/mol. The average molecular weight is 275 g/mol. The molecule has 1 aliphatic heterocycles. The molecule has 6 heteroatoms. The zero-order valence-corrected chi connectivity index (χ0v) is 10.8. The van der Waals surface area contributed by atoms with Crippen LogP contribution in [0.4, 0.5) is 10.3 Å². The third kappa shape index (κ3) is 2.24. The second-order valence-electron chi connectivity index (χ2n) is 4.79. The molecule has 0 bridgehead atoms. The summed E-state index contributed by atoms with van der Waals surface area (Å²) in [6, 6.07) is 5.36. The Kier molecular flexibility index (Phi) is 3.14. The van der Waals surface area contributed by atoms with Crippen molar-refractivity contribution < 1.29 is 9.50 Å². The highest BCUT2D eigenvalue weighted by molar-refractivity contribution is 5.67. The molecule has 1 saturated heterocycles. The summed E-state index contributed by atoms with van der Waals surface area (Å²) in [6.45, 7) is 1.64. The van der Waals surface area contributed by atoms with Crippen LogP contribution < -0.4 is 10.5 Å². The molecule has 104 valence electrons. The maximum Gasteiger partial charge on any atom is 0.264 e. The van der Waals surface area contributed by atoms with Crippen molar-refractivity contribution in [1.82, 2.24) is 9.97 Å². The van der Waals surface area contributed by atoms with Gasteiger partial charge in [-0.1, -0.05) is 12.1 Å². The van der Waals surface area contributed by atoms with Crippen LogP contribution in [0.3, 0.4) is 0 Å². The SMILES string of the molecule is O=c1[nH]c(N2CCCC2)nc(O)c1-c1ccc(F)cc1. The van der Waals surface area contributed by atoms with Crippen LogP contribution in [0.5, 0.6) is 5.88 Å². The Hall–Kier alpha value is -2.37. The van der Waals surface area contributed by atoms with E-state index >= 15 is 0 Å². The average Bonchev–Trinajstić information content (AvgIpc) is 2.94. The van der Waals surface area contributed by atoms with Gasteiger partial charge in [-0.2, -0.15) is 4.98 Å². The molecule has 2 heterocycles. The number of nitrogens with zero attached hydrogens (tertiary/aromatic N) is 2. The minimum Gasteiger partial charge on any atom is -0.493 e. The number of aromatic hydroxyl groups is 1. The van der Waals surface area contributed by atoms with Crippen molar-refractivity contribution >= 4 is 5.95 Å². The summed E-state index contributed by atoms with van der Waals surface area (Å²) in [5.41, 5.74) is 0.0737. The molecular formula is C14H14FN3O2. The van der Waals surface area contributed by atoms with Gasteiger partial charge in [-0.05, 0) is 30.5 Å². The fourth-order valence-electron chi connectivity index (χ4n) is 2.41. The zero-order valence-electron chi connectivity index (χ0n) is 10.8. The van der Waals surface area contributed by atoms with Crippen LogP contribution in [0.25, 0.3) is 11.1 Å². The smallest absolute Gasteiger partial charge is 0.264 e. The van der Waals surface area contributed by atoms with Crippen molar-refractivity contribution in [2.24, 2.45) is 0 Å². The lowest BCUT2D eigenvalue weighted by atomic mass is 10.1. The van der Waals surface area contributed by atoms with Gasteiger partial charge in [-0.25, -0.2) is 4.39 Å². The van der Waals surface area contributed by atoms with E-state index in [2.05, 4.69) is 9.97 Å². The first-order valence-electron chi connectivity index (χ1n) is 6.49. The summed E-state index contributed by atoms with van der Waals surface area (Å²) in [6.07, 6.45) is 2.09. The Morgan fingerprint density at radius 3 is 2.45 bits per heavy atom. The lowest BCUT2D eigenvalue weighted by Gasteiger charge is -2.16. The van der Waals surface area contributed by atoms with Crippen molar-refractivity contribution in [2.45, 2.75) is 12.8 Å². The van der Waals surface area contributed by atoms with Crippen LogP contribution in [0.2, 0.25) is 0 Å². The second-order valence-corrected chi connectivity index (χ2v) is 4.79. The maximum atomic E-state index is 12.9. The predicted octanol–water partition coefficient (Wildman–Crippen LogP) is 1.88. The first-order chi connectivity index (χ1) is 9.65. The monoisotopic (exact) mass is 275 g/mol. The molecule has 1 aliphatic rings. The quantitative estimate of drug-likeness (QED) is 0.878. The minimum absolute atomic E-state index is 0.0629. The molecule has 0 aliphatic carbocycles. The van der Waals surface area contributed by atoms with E-state index in [0.717, 1.165) is 25.9 Å². The highest BCUT2D eigenvalue weighted by Crippen LogP contribution is 2.25. The van der Waals surface area contributed by atoms with E-state index in [1.54, 1.807) is 0 Å². The highest BCUT2D eigenvalue weighted by Gasteiger charge is 2.18. The normalized spacial score (nSPS) is 14.8. The number of aromatic amines is 1. The fourth-order valence-corrected chi connectivity index (χ4v) is 2.41. The van der Waals surface area contributed by atoms with Gasteiger partial charge in [0.15, 0.2) is 0 Å². The van der Waals surface area contributed by atoms with Crippen LogP contribution in [0, 0.1) is 5.82 Å². The Bertz CT molecular complexity index is 676. The Morgan fingerprint density at radius 2 is 1.85 bits per heavy atom. The molecule has 2 aromatic rings. The lowest BCUT2D eigenvalue weighted by Crippen LogP contribution is -2.24. The molecule has 1 aromatic carbocycles. The van der Waals surface area contributed by atoms with Crippen molar-refractivity contribution in [1.29, 1.82) is 0 Å². The molecule has 1 aromatic heterocycles. The molecule has 0 saturated carbocycles. The first-order valence-corrected chi connectivity index (χ1v) is 6.49. The van der Waals surface area contributed by atoms with Crippen molar-refractivity contribution in [3.05, 3.63) is 40.4 Å². The molecule has 5 nitrogen and oxygen atoms in total. The summed E-state index contributed by atoms with van der Waals surface area (Å²) in [4.78, 5) is 20.8. The standard InChI is InChI=1S/C14H14FN3O2/c15-10-5-3-9(4-6-10)11-12(19)16-14(17-13(11)20)18-7-1-2-8-18/h3-6H,1-2,7-8H2,(H2,16,17,19,20). The third-order valence-electron chi connectivity index (χ3n) is 3.43. The van der Waals surface area contributed by atoms with Gasteiger partial charge in [-0.3, -0.25) is 9.78 Å². The molecule has 0 spiro atoms. The summed E-state index contributed by atoms with van der Waals surface area (Å²) in [7, 11) is 0. The van der Waals surface area contributed by atoms with Crippen molar-refractivity contribution in [3.63, 3.8) is 0 Å². The van der Waals surface area contributed by atoms with Crippen LogP contribution >= 0.6 is 0 Å². The van der Waals surface area contributed by atoms with Gasteiger partial charge in [0.1, 0.15) is 11.4 Å². The number of hydrogen-bond acceptors (Lipinski definition) is 4. The van der Waals surface area contributed by atoms with Gasteiger partial charge in [0, 0.05) is 13.1 Å². The second kappa shape index (κ2) is 4.96. The zero-order chi connectivity index (χ0) is 14.1. The Labute approximate surface area is 114 Å². The van der Waals surface area contributed by atoms with Crippen LogP contribution in [0.1, 0.15) is 12.8 Å². The van der Waals surface area contributed by atoms with Gasteiger partial charge in [-0.15, -0.1) is 0 Å². The molecule has 0 atom stereocenters. The summed E-state index contributed by atoms with van der Waals surface area (Å²) in [5, 5.41) is 10.0. The van der Waals surface area contributed by atoms with Gasteiger partial charge in [0.25, 0.3) is 5.56 Å². The molecule has 0 unspecified atom stereocenters. The molecule has 2 N–H and O–H groups in total. The summed E-state index contributed by atoms with van der Waals surface area (Å²) >= 11 is 0. The van der Waals surface area contributed by atoms with Gasteiger partial charge in [0.05, 0.1) is 0 Å². The summed E-state index contributed by atoms with van der Waals surface area (Å²) < 4.78 is 12.9. The number of H-pyrrole nitrogens is 1. The molecule has 0 radical (unpaired) electrons. The highest BCUT2D eigenvalue weighted by atomic mass is 19.1. The number of benzene rings is 1. The number of aromatic nitrogens is 2. The molecular weight excluding hydrogens is 261 g/mol. The third-order valence-corrected chi connectivity index (χ3v) is 3.43. The van der Waals surface area contributed by atoms with Gasteiger partial charge in [0.2, 0.25) is 11.8 Å². The Morgan fingerprint density at radius 1 is 1.20 bits per heavy atom. The van der Waals surface area contributed by atoms with Crippen LogP contribution in [-0.4, -0.2) is 28.2 Å². The topological polar surface area (TPSA) is 69.2 Å². The van der Waals surface area contributed by atoms with E-state index in [1.165, 1.54) is 24.3 Å². The minimum atomic E-state index is -0.425. The van der Waals surface area contributed by atoms with Crippen LogP contribution in [-0.2, 0) is 0 Å². The van der Waals surface area contributed by atoms with E-state index in [-0.39, 0.29) is 11.4 Å². The maximum absolute atomic E-state index is 12.9. The number of rotatable bonds is 2. The number of nitrogens with one attached hydrogen (secondary N) is 1. The van der Waals surface area contributed by atoms with E-state index < -0.39 is 11.4 Å². The number of halogens is 1. The molecule has 1 fully saturated rings. The van der Waals surface area contributed by atoms with Crippen LogP contribution in [0.15, 0.2) is 29.1 Å². The molecule has 3 rings (SSSR count). The van der Waals surface area contributed by atoms with E-state index in [9.17, 15) is 14.3 Å². The Balaban J connectivity index is 2.04. The largest absolute Gasteiger partial charge is 0.493 e. The fraction of sp³-hybridized carbons (Fsp3) is 0.286. The van der Waals surface area contributed by atoms with E-state index in [0.29, 0.717) is 11.5 Å². The van der Waals surface area contributed by atoms with Crippen molar-refractivity contribution in [2.75, 3.05) is 18.0 Å². The first kappa shape index (κ1) is 12.7. The molecule has 0 amide bonds. The summed E-state index contributed by atoms with van der Waals surface area (Å²) in [5.74, 6) is -0.343. The molecule has 20 heavy (non-hydrogen) atoms. The number of anilines is 1.